The van der Waals surface area contributed by atoms with Crippen molar-refractivity contribution in [3.05, 3.63) is 55.1 Å². The summed E-state index contributed by atoms with van der Waals surface area (Å²) in [6.07, 6.45) is 0. The number of ether oxygens (including phenoxy) is 1. The lowest BCUT2D eigenvalue weighted by Crippen LogP contribution is -1.96. The molecule has 0 amide bonds. The Bertz CT molecular complexity index is 647. The van der Waals surface area contributed by atoms with Crippen molar-refractivity contribution in [2.45, 2.75) is 6.92 Å². The molecule has 0 aliphatic rings. The minimum absolute atomic E-state index is 0.114. The van der Waals surface area contributed by atoms with Gasteiger partial charge in [-0.05, 0) is 50.9 Å². The fourth-order valence-electron chi connectivity index (χ4n) is 1.42. The molecule has 1 heterocycles. The minimum Gasteiger partial charge on any atom is -0.431 e. The molecule has 0 radical (unpaired) electrons. The Morgan fingerprint density at radius 1 is 1.21 bits per heavy atom. The molecule has 0 saturated heterocycles. The van der Waals surface area contributed by atoms with Gasteiger partial charge in [0.25, 0.3) is 0 Å². The third-order valence-electron chi connectivity index (χ3n) is 2.35. The molecule has 5 nitrogen and oxygen atoms in total. The van der Waals surface area contributed by atoms with E-state index in [1.807, 2.05) is 6.92 Å². The fourth-order valence-corrected chi connectivity index (χ4v) is 2.08. The number of hydrogen-bond acceptors (Lipinski definition) is 4. The summed E-state index contributed by atoms with van der Waals surface area (Å²) >= 11 is 6.57. The second-order valence-corrected chi connectivity index (χ2v) is 5.37. The molecule has 1 aromatic carbocycles. The van der Waals surface area contributed by atoms with Crippen molar-refractivity contribution < 1.29 is 9.66 Å². The van der Waals surface area contributed by atoms with E-state index in [4.69, 9.17) is 4.74 Å². The third kappa shape index (κ3) is 3.10. The van der Waals surface area contributed by atoms with E-state index >= 15 is 0 Å². The SMILES string of the molecule is Cc1nc(Oc2c(Br)cccc2[N+](=O)[O-])ccc1Br. The number of rotatable bonds is 3. The number of benzene rings is 1. The molecule has 0 aliphatic carbocycles. The highest BCUT2D eigenvalue weighted by Gasteiger charge is 2.19. The van der Waals surface area contributed by atoms with Gasteiger partial charge in [-0.3, -0.25) is 10.1 Å². The second-order valence-electron chi connectivity index (χ2n) is 3.66. The van der Waals surface area contributed by atoms with Crippen molar-refractivity contribution in [3.63, 3.8) is 0 Å². The molecule has 0 saturated carbocycles. The van der Waals surface area contributed by atoms with E-state index in [2.05, 4.69) is 36.8 Å². The van der Waals surface area contributed by atoms with Gasteiger partial charge in [-0.15, -0.1) is 0 Å². The Morgan fingerprint density at radius 3 is 2.58 bits per heavy atom. The molecule has 0 unspecified atom stereocenters. The van der Waals surface area contributed by atoms with Crippen molar-refractivity contribution in [2.24, 2.45) is 0 Å². The molecule has 19 heavy (non-hydrogen) atoms. The number of nitrogens with zero attached hydrogens (tertiary/aromatic N) is 2. The predicted molar refractivity (Wildman–Crippen MR) is 77.5 cm³/mol. The van der Waals surface area contributed by atoms with Gasteiger partial charge in [0.05, 0.1) is 15.1 Å². The van der Waals surface area contributed by atoms with Gasteiger partial charge >= 0.3 is 5.69 Å². The first-order valence-corrected chi connectivity index (χ1v) is 6.81. The lowest BCUT2D eigenvalue weighted by atomic mass is 10.3. The molecular weight excluding hydrogens is 380 g/mol. The Hall–Kier alpha value is -1.47. The lowest BCUT2D eigenvalue weighted by Gasteiger charge is -2.08. The zero-order chi connectivity index (χ0) is 14.0. The van der Waals surface area contributed by atoms with Crippen LogP contribution in [0.25, 0.3) is 0 Å². The molecule has 0 spiro atoms. The standard InChI is InChI=1S/C12H8Br2N2O3/c1-7-8(13)5-6-11(15-7)19-12-9(14)3-2-4-10(12)16(17)18/h2-6H,1H3. The number of pyridine rings is 1. The van der Waals surface area contributed by atoms with Crippen LogP contribution in [0.15, 0.2) is 39.3 Å². The minimum atomic E-state index is -0.494. The van der Waals surface area contributed by atoms with Crippen LogP contribution >= 0.6 is 31.9 Å². The van der Waals surface area contributed by atoms with Crippen LogP contribution < -0.4 is 4.74 Å². The van der Waals surface area contributed by atoms with Crippen LogP contribution in [-0.2, 0) is 0 Å². The highest BCUT2D eigenvalue weighted by Crippen LogP contribution is 2.37. The van der Waals surface area contributed by atoms with Crippen molar-refractivity contribution in [3.8, 4) is 11.6 Å². The quantitative estimate of drug-likeness (QED) is 0.569. The van der Waals surface area contributed by atoms with E-state index in [-0.39, 0.29) is 11.4 Å². The highest BCUT2D eigenvalue weighted by atomic mass is 79.9. The first-order chi connectivity index (χ1) is 8.99. The number of aryl methyl sites for hydroxylation is 1. The van der Waals surface area contributed by atoms with Gasteiger partial charge < -0.3 is 4.74 Å². The highest BCUT2D eigenvalue weighted by molar-refractivity contribution is 9.10. The Kier molecular flexibility index (Phi) is 4.16. The molecule has 2 rings (SSSR count). The fraction of sp³-hybridized carbons (Fsp3) is 0.0833. The summed E-state index contributed by atoms with van der Waals surface area (Å²) in [5.74, 6) is 0.442. The van der Waals surface area contributed by atoms with E-state index in [0.717, 1.165) is 10.2 Å². The Morgan fingerprint density at radius 2 is 1.95 bits per heavy atom. The molecule has 0 N–H and O–H groups in total. The van der Waals surface area contributed by atoms with Crippen LogP contribution in [0, 0.1) is 17.0 Å². The topological polar surface area (TPSA) is 65.3 Å². The van der Waals surface area contributed by atoms with Crippen molar-refractivity contribution in [2.75, 3.05) is 0 Å². The maximum Gasteiger partial charge on any atom is 0.312 e. The van der Waals surface area contributed by atoms with E-state index in [1.54, 1.807) is 24.3 Å². The zero-order valence-electron chi connectivity index (χ0n) is 9.76. The average molecular weight is 388 g/mol. The number of aromatic nitrogens is 1. The summed E-state index contributed by atoms with van der Waals surface area (Å²) in [4.78, 5) is 14.7. The summed E-state index contributed by atoms with van der Waals surface area (Å²) in [6, 6.07) is 8.05. The zero-order valence-corrected chi connectivity index (χ0v) is 12.9. The normalized spacial score (nSPS) is 10.3. The van der Waals surface area contributed by atoms with E-state index in [9.17, 15) is 10.1 Å². The van der Waals surface area contributed by atoms with Crippen molar-refractivity contribution >= 4 is 37.5 Å². The van der Waals surface area contributed by atoms with Crippen LogP contribution in [0.3, 0.4) is 0 Å². The average Bonchev–Trinajstić information content (AvgIpc) is 2.36. The van der Waals surface area contributed by atoms with E-state index in [0.29, 0.717) is 10.4 Å². The molecular formula is C12H8Br2N2O3. The molecule has 0 atom stereocenters. The monoisotopic (exact) mass is 386 g/mol. The number of halogens is 2. The molecule has 2 aromatic rings. The number of para-hydroxylation sites is 1. The summed E-state index contributed by atoms with van der Waals surface area (Å²) in [7, 11) is 0. The van der Waals surface area contributed by atoms with Crippen molar-refractivity contribution in [1.82, 2.24) is 4.98 Å². The molecule has 98 valence electrons. The number of hydrogen-bond donors (Lipinski definition) is 0. The van der Waals surface area contributed by atoms with Crippen molar-refractivity contribution in [1.29, 1.82) is 0 Å². The molecule has 1 aromatic heterocycles. The molecule has 0 fully saturated rings. The van der Waals surface area contributed by atoms with E-state index in [1.165, 1.54) is 6.07 Å². The largest absolute Gasteiger partial charge is 0.431 e. The van der Waals surface area contributed by atoms with Gasteiger partial charge in [0, 0.05) is 16.6 Å². The predicted octanol–water partition coefficient (Wildman–Crippen LogP) is 4.62. The van der Waals surface area contributed by atoms with Gasteiger partial charge in [-0.2, -0.15) is 0 Å². The summed E-state index contributed by atoms with van der Waals surface area (Å²) in [5.41, 5.74) is 0.629. The van der Waals surface area contributed by atoms with Gasteiger partial charge in [0.2, 0.25) is 11.6 Å². The summed E-state index contributed by atoms with van der Waals surface area (Å²) in [6.45, 7) is 1.81. The van der Waals surface area contributed by atoms with Crippen LogP contribution in [0.1, 0.15) is 5.69 Å². The molecule has 7 heteroatoms. The first kappa shape index (κ1) is 14.0. The third-order valence-corrected chi connectivity index (χ3v) is 3.81. The van der Waals surface area contributed by atoms with Gasteiger partial charge in [-0.25, -0.2) is 4.98 Å². The first-order valence-electron chi connectivity index (χ1n) is 5.23. The lowest BCUT2D eigenvalue weighted by molar-refractivity contribution is -0.385. The number of nitro benzene ring substituents is 1. The smallest absolute Gasteiger partial charge is 0.312 e. The van der Waals surface area contributed by atoms with Gasteiger partial charge in [0.15, 0.2) is 0 Å². The maximum atomic E-state index is 11.0. The Labute approximate surface area is 126 Å². The van der Waals surface area contributed by atoms with Crippen LogP contribution in [0.2, 0.25) is 0 Å². The molecule has 0 bridgehead atoms. The second kappa shape index (κ2) is 5.66. The number of nitro groups is 1. The van der Waals surface area contributed by atoms with E-state index < -0.39 is 4.92 Å². The van der Waals surface area contributed by atoms with Gasteiger partial charge in [-0.1, -0.05) is 6.07 Å². The van der Waals surface area contributed by atoms with Crippen LogP contribution in [0.5, 0.6) is 11.6 Å². The maximum absolute atomic E-state index is 11.0. The van der Waals surface area contributed by atoms with Crippen LogP contribution in [0.4, 0.5) is 5.69 Å². The summed E-state index contributed by atoms with van der Waals surface area (Å²) in [5, 5.41) is 11.0. The Balaban J connectivity index is 2.42. The summed E-state index contributed by atoms with van der Waals surface area (Å²) < 4.78 is 6.87. The van der Waals surface area contributed by atoms with Crippen LogP contribution in [-0.4, -0.2) is 9.91 Å². The molecule has 0 aliphatic heterocycles. The van der Waals surface area contributed by atoms with Gasteiger partial charge in [0.1, 0.15) is 0 Å².